The van der Waals surface area contributed by atoms with Crippen molar-refractivity contribution in [1.29, 1.82) is 0 Å². The highest BCUT2D eigenvalue weighted by molar-refractivity contribution is 7.91. The molecular weight excluding hydrogens is 288 g/mol. The summed E-state index contributed by atoms with van der Waals surface area (Å²) in [6.45, 7) is 4.56. The first-order valence-corrected chi connectivity index (χ1v) is 8.67. The van der Waals surface area contributed by atoms with Crippen LogP contribution >= 0.6 is 11.6 Å². The van der Waals surface area contributed by atoms with Crippen LogP contribution in [0.1, 0.15) is 31.7 Å². The van der Waals surface area contributed by atoms with Gasteiger partial charge in [-0.1, -0.05) is 18.5 Å². The first-order chi connectivity index (χ1) is 8.80. The van der Waals surface area contributed by atoms with E-state index in [4.69, 9.17) is 11.6 Å². The number of hydrogen-bond donors (Lipinski definition) is 1. The van der Waals surface area contributed by atoms with Gasteiger partial charge in [0.1, 0.15) is 0 Å². The summed E-state index contributed by atoms with van der Waals surface area (Å²) in [7, 11) is -3.13. The second-order valence-electron chi connectivity index (χ2n) is 5.12. The molecule has 0 spiro atoms. The Bertz CT molecular complexity index is 582. The monoisotopic (exact) mass is 306 g/mol. The van der Waals surface area contributed by atoms with Crippen molar-refractivity contribution in [3.63, 3.8) is 0 Å². The van der Waals surface area contributed by atoms with Crippen molar-refractivity contribution in [2.24, 2.45) is 0 Å². The molecule has 0 radical (unpaired) electrons. The minimum absolute atomic E-state index is 0.0437. The number of aryl methyl sites for hydroxylation is 2. The van der Waals surface area contributed by atoms with E-state index in [-0.39, 0.29) is 24.3 Å². The number of rotatable bonds is 4. The van der Waals surface area contributed by atoms with Crippen molar-refractivity contribution in [3.05, 3.63) is 16.4 Å². The molecule has 7 heteroatoms. The molecular formula is C12H19ClN2O3S. The number of nitrogens with zero attached hydrogens (tertiary/aromatic N) is 2. The highest BCUT2D eigenvalue weighted by Gasteiger charge is 2.41. The van der Waals surface area contributed by atoms with Crippen LogP contribution in [0.25, 0.3) is 0 Å². The van der Waals surface area contributed by atoms with Gasteiger partial charge in [0.25, 0.3) is 0 Å². The second kappa shape index (κ2) is 5.07. The molecule has 2 heterocycles. The Morgan fingerprint density at radius 2 is 2.16 bits per heavy atom. The fraction of sp³-hybridized carbons (Fsp3) is 0.750. The van der Waals surface area contributed by atoms with Crippen molar-refractivity contribution < 1.29 is 13.5 Å². The number of sulfone groups is 1. The third kappa shape index (κ3) is 2.95. The van der Waals surface area contributed by atoms with Gasteiger partial charge in [-0.25, -0.2) is 8.42 Å². The summed E-state index contributed by atoms with van der Waals surface area (Å²) in [5.74, 6) is -0.144. The molecule has 0 saturated carbocycles. The number of aliphatic hydroxyl groups is 1. The molecule has 0 aromatic carbocycles. The average molecular weight is 307 g/mol. The van der Waals surface area contributed by atoms with Gasteiger partial charge in [-0.05, 0) is 19.8 Å². The molecule has 19 heavy (non-hydrogen) atoms. The minimum Gasteiger partial charge on any atom is -0.388 e. The fourth-order valence-electron chi connectivity index (χ4n) is 2.54. The molecule has 1 N–H and O–H groups in total. The van der Waals surface area contributed by atoms with E-state index in [9.17, 15) is 13.5 Å². The summed E-state index contributed by atoms with van der Waals surface area (Å²) in [6.07, 6.45) is 1.23. The largest absolute Gasteiger partial charge is 0.388 e. The lowest BCUT2D eigenvalue weighted by Gasteiger charge is -2.21. The molecule has 1 fully saturated rings. The third-order valence-corrected chi connectivity index (χ3v) is 5.80. The summed E-state index contributed by atoms with van der Waals surface area (Å²) < 4.78 is 24.8. The van der Waals surface area contributed by atoms with Gasteiger partial charge in [-0.15, -0.1) is 0 Å². The van der Waals surface area contributed by atoms with E-state index in [0.29, 0.717) is 11.6 Å². The van der Waals surface area contributed by atoms with E-state index < -0.39 is 15.4 Å². The Kier molecular flexibility index (Phi) is 3.95. The van der Waals surface area contributed by atoms with E-state index in [1.165, 1.54) is 0 Å². The quantitative estimate of drug-likeness (QED) is 0.907. The lowest BCUT2D eigenvalue weighted by molar-refractivity contribution is 0.0660. The van der Waals surface area contributed by atoms with Crippen molar-refractivity contribution in [2.75, 3.05) is 11.5 Å². The molecule has 108 valence electrons. The van der Waals surface area contributed by atoms with Gasteiger partial charge in [0.05, 0.1) is 33.5 Å². The smallest absolute Gasteiger partial charge is 0.153 e. The summed E-state index contributed by atoms with van der Waals surface area (Å²) in [5, 5.41) is 15.4. The van der Waals surface area contributed by atoms with E-state index in [0.717, 1.165) is 17.8 Å². The van der Waals surface area contributed by atoms with E-state index in [2.05, 4.69) is 5.10 Å². The minimum atomic E-state index is -3.13. The zero-order chi connectivity index (χ0) is 14.3. The zero-order valence-corrected chi connectivity index (χ0v) is 12.8. The van der Waals surface area contributed by atoms with Crippen LogP contribution in [-0.2, 0) is 29.2 Å². The standard InChI is InChI=1S/C12H19ClN2O3S/c1-3-9-11(13)10(15(4-2)14-9)7-12(16)5-6-19(17,18)8-12/h16H,3-8H2,1-2H3. The summed E-state index contributed by atoms with van der Waals surface area (Å²) in [4.78, 5) is 0. The van der Waals surface area contributed by atoms with Gasteiger partial charge in [-0.2, -0.15) is 5.10 Å². The average Bonchev–Trinajstić information content (AvgIpc) is 2.78. The van der Waals surface area contributed by atoms with Gasteiger partial charge in [0.15, 0.2) is 9.84 Å². The van der Waals surface area contributed by atoms with Crippen molar-refractivity contribution >= 4 is 21.4 Å². The first kappa shape index (κ1) is 14.8. The van der Waals surface area contributed by atoms with Gasteiger partial charge in [0.2, 0.25) is 0 Å². The van der Waals surface area contributed by atoms with Crippen LogP contribution in [0, 0.1) is 0 Å². The number of aromatic nitrogens is 2. The molecule has 1 aromatic rings. The molecule has 1 unspecified atom stereocenters. The van der Waals surface area contributed by atoms with E-state index >= 15 is 0 Å². The van der Waals surface area contributed by atoms with Crippen LogP contribution in [0.15, 0.2) is 0 Å². The SMILES string of the molecule is CCc1nn(CC)c(CC2(O)CCS(=O)(=O)C2)c1Cl. The fourth-order valence-corrected chi connectivity index (χ4v) is 4.77. The normalized spacial score (nSPS) is 25.9. The predicted molar refractivity (Wildman–Crippen MR) is 74.2 cm³/mol. The van der Waals surface area contributed by atoms with Crippen LogP contribution in [0.5, 0.6) is 0 Å². The van der Waals surface area contributed by atoms with Crippen molar-refractivity contribution in [3.8, 4) is 0 Å². The van der Waals surface area contributed by atoms with Crippen molar-refractivity contribution in [1.82, 2.24) is 9.78 Å². The highest BCUT2D eigenvalue weighted by atomic mass is 35.5. The predicted octanol–water partition coefficient (Wildman–Crippen LogP) is 1.21. The third-order valence-electron chi connectivity index (χ3n) is 3.56. The first-order valence-electron chi connectivity index (χ1n) is 6.47. The summed E-state index contributed by atoms with van der Waals surface area (Å²) in [5.41, 5.74) is 0.323. The maximum atomic E-state index is 11.5. The molecule has 1 saturated heterocycles. The molecule has 0 amide bonds. The lowest BCUT2D eigenvalue weighted by Crippen LogP contribution is -2.33. The van der Waals surface area contributed by atoms with Gasteiger partial charge >= 0.3 is 0 Å². The number of hydrogen-bond acceptors (Lipinski definition) is 4. The maximum Gasteiger partial charge on any atom is 0.153 e. The Balaban J connectivity index is 2.31. The maximum absolute atomic E-state index is 11.5. The molecule has 1 atom stereocenters. The van der Waals surface area contributed by atoms with Gasteiger partial charge < -0.3 is 5.11 Å². The van der Waals surface area contributed by atoms with Crippen LogP contribution in [0.3, 0.4) is 0 Å². The Morgan fingerprint density at radius 1 is 1.47 bits per heavy atom. The highest BCUT2D eigenvalue weighted by Crippen LogP contribution is 2.31. The number of halogens is 1. The molecule has 1 aliphatic heterocycles. The second-order valence-corrected chi connectivity index (χ2v) is 7.68. The van der Waals surface area contributed by atoms with Gasteiger partial charge in [0, 0.05) is 13.0 Å². The Hall–Kier alpha value is -0.590. The van der Waals surface area contributed by atoms with Crippen LogP contribution in [0.4, 0.5) is 0 Å². The molecule has 2 rings (SSSR count). The topological polar surface area (TPSA) is 72.2 Å². The van der Waals surface area contributed by atoms with Crippen LogP contribution in [-0.4, -0.2) is 40.4 Å². The molecule has 1 aliphatic rings. The van der Waals surface area contributed by atoms with Crippen molar-refractivity contribution in [2.45, 2.75) is 45.3 Å². The Morgan fingerprint density at radius 3 is 2.63 bits per heavy atom. The zero-order valence-electron chi connectivity index (χ0n) is 11.2. The summed E-state index contributed by atoms with van der Waals surface area (Å²) in [6, 6.07) is 0. The molecule has 5 nitrogen and oxygen atoms in total. The Labute approximate surface area is 118 Å². The lowest BCUT2D eigenvalue weighted by atomic mass is 9.97. The van der Waals surface area contributed by atoms with Crippen LogP contribution < -0.4 is 0 Å². The molecule has 1 aromatic heterocycles. The summed E-state index contributed by atoms with van der Waals surface area (Å²) >= 11 is 6.28. The van der Waals surface area contributed by atoms with Gasteiger partial charge in [-0.3, -0.25) is 4.68 Å². The van der Waals surface area contributed by atoms with Crippen LogP contribution in [0.2, 0.25) is 5.02 Å². The molecule has 0 aliphatic carbocycles. The van der Waals surface area contributed by atoms with E-state index in [1.807, 2.05) is 13.8 Å². The van der Waals surface area contributed by atoms with E-state index in [1.54, 1.807) is 4.68 Å². The molecule has 0 bridgehead atoms.